The highest BCUT2D eigenvalue weighted by atomic mass is 16.5. The standard InChI is InChI=1S/C20H23N3O2.C6H6.C2H6/c1-2-25-20(24)22-17-13-15-9-6-11-23-12-10-16(18(21-17)19(15)23)14-7-4-3-5-8-14;1-2-4-6-5-3-1;1-2/h3-5,7-8,13,16H,2,6,9-12H2,1H3,(H,21,22,24);1-6H;1-2H3. The Hall–Kier alpha value is -3.34. The summed E-state index contributed by atoms with van der Waals surface area (Å²) in [6.45, 7) is 8.30. The Morgan fingerprint density at radius 2 is 1.67 bits per heavy atom. The van der Waals surface area contributed by atoms with Crippen molar-refractivity contribution in [2.24, 2.45) is 0 Å². The molecule has 2 aliphatic heterocycles. The molecule has 5 rings (SSSR count). The minimum Gasteiger partial charge on any atom is -0.450 e. The molecular formula is C28H35N3O2. The van der Waals surface area contributed by atoms with Crippen LogP contribution in [0.2, 0.25) is 0 Å². The van der Waals surface area contributed by atoms with Crippen LogP contribution in [0.4, 0.5) is 16.3 Å². The van der Waals surface area contributed by atoms with Crippen LogP contribution < -0.4 is 10.2 Å². The first-order chi connectivity index (χ1) is 16.3. The zero-order valence-corrected chi connectivity index (χ0v) is 20.0. The van der Waals surface area contributed by atoms with E-state index in [0.717, 1.165) is 38.0 Å². The zero-order valence-electron chi connectivity index (χ0n) is 20.0. The Kier molecular flexibility index (Phi) is 9.31. The third-order valence-electron chi connectivity index (χ3n) is 5.68. The van der Waals surface area contributed by atoms with Crippen LogP contribution in [0.25, 0.3) is 0 Å². The van der Waals surface area contributed by atoms with Crippen LogP contribution in [0.3, 0.4) is 0 Å². The molecule has 0 saturated carbocycles. The lowest BCUT2D eigenvalue weighted by atomic mass is 9.84. The molecule has 0 spiro atoms. The minimum absolute atomic E-state index is 0.272. The second-order valence-corrected chi connectivity index (χ2v) is 7.74. The summed E-state index contributed by atoms with van der Waals surface area (Å²) >= 11 is 0. The van der Waals surface area contributed by atoms with Gasteiger partial charge in [-0.2, -0.15) is 0 Å². The molecule has 1 atom stereocenters. The van der Waals surface area contributed by atoms with E-state index in [-0.39, 0.29) is 5.92 Å². The van der Waals surface area contributed by atoms with Crippen molar-refractivity contribution >= 4 is 17.6 Å². The molecule has 0 aliphatic carbocycles. The summed E-state index contributed by atoms with van der Waals surface area (Å²) in [5.74, 6) is 0.866. The highest BCUT2D eigenvalue weighted by Gasteiger charge is 2.32. The van der Waals surface area contributed by atoms with Gasteiger partial charge in [-0.1, -0.05) is 80.6 Å². The zero-order chi connectivity index (χ0) is 23.5. The van der Waals surface area contributed by atoms with Crippen LogP contribution in [-0.2, 0) is 11.2 Å². The SMILES string of the molecule is CC.CCOC(=O)Nc1cc2c3c(n1)C(c1ccccc1)CCN3CCC2.c1ccccc1. The van der Waals surface area contributed by atoms with Crippen molar-refractivity contribution in [2.75, 3.05) is 29.9 Å². The summed E-state index contributed by atoms with van der Waals surface area (Å²) < 4.78 is 5.01. The molecule has 1 N–H and O–H groups in total. The quantitative estimate of drug-likeness (QED) is 0.490. The molecule has 1 amide bonds. The first kappa shape index (κ1) is 24.3. The van der Waals surface area contributed by atoms with Crippen molar-refractivity contribution in [3.63, 3.8) is 0 Å². The average molecular weight is 446 g/mol. The van der Waals surface area contributed by atoms with E-state index >= 15 is 0 Å². The van der Waals surface area contributed by atoms with Gasteiger partial charge in [-0.25, -0.2) is 9.78 Å². The third-order valence-corrected chi connectivity index (χ3v) is 5.68. The maximum absolute atomic E-state index is 11.8. The third kappa shape index (κ3) is 6.35. The van der Waals surface area contributed by atoms with Crippen molar-refractivity contribution in [1.29, 1.82) is 0 Å². The Bertz CT molecular complexity index is 966. The van der Waals surface area contributed by atoms with Crippen molar-refractivity contribution in [1.82, 2.24) is 4.98 Å². The van der Waals surface area contributed by atoms with Crippen molar-refractivity contribution in [2.45, 2.75) is 46.0 Å². The predicted molar refractivity (Wildman–Crippen MR) is 136 cm³/mol. The Labute approximate surface area is 197 Å². The predicted octanol–water partition coefficient (Wildman–Crippen LogP) is 6.65. The summed E-state index contributed by atoms with van der Waals surface area (Å²) in [6.07, 6.45) is 2.78. The fourth-order valence-corrected chi connectivity index (χ4v) is 4.36. The fourth-order valence-electron chi connectivity index (χ4n) is 4.36. The summed E-state index contributed by atoms with van der Waals surface area (Å²) in [7, 11) is 0. The number of hydrogen-bond donors (Lipinski definition) is 1. The summed E-state index contributed by atoms with van der Waals surface area (Å²) in [5, 5.41) is 2.79. The van der Waals surface area contributed by atoms with Crippen LogP contribution in [0.5, 0.6) is 0 Å². The van der Waals surface area contributed by atoms with Gasteiger partial charge in [0.1, 0.15) is 5.82 Å². The molecule has 0 saturated heterocycles. The maximum Gasteiger partial charge on any atom is 0.412 e. The number of amides is 1. The van der Waals surface area contributed by atoms with Gasteiger partial charge in [-0.3, -0.25) is 5.32 Å². The van der Waals surface area contributed by atoms with E-state index in [1.54, 1.807) is 6.92 Å². The van der Waals surface area contributed by atoms with Gasteiger partial charge in [0.05, 0.1) is 18.0 Å². The topological polar surface area (TPSA) is 54.5 Å². The van der Waals surface area contributed by atoms with Gasteiger partial charge in [0.15, 0.2) is 0 Å². The molecule has 0 fully saturated rings. The number of aromatic nitrogens is 1. The lowest BCUT2D eigenvalue weighted by molar-refractivity contribution is 0.168. The smallest absolute Gasteiger partial charge is 0.412 e. The van der Waals surface area contributed by atoms with E-state index in [1.165, 1.54) is 16.8 Å². The number of carbonyl (C=O) groups is 1. The molecule has 5 heteroatoms. The number of ether oxygens (including phenoxy) is 1. The number of pyridine rings is 1. The van der Waals surface area contributed by atoms with Crippen molar-refractivity contribution < 1.29 is 9.53 Å². The molecule has 1 aromatic heterocycles. The van der Waals surface area contributed by atoms with E-state index in [2.05, 4.69) is 34.5 Å². The molecule has 5 nitrogen and oxygen atoms in total. The van der Waals surface area contributed by atoms with Gasteiger partial charge in [0.25, 0.3) is 0 Å². The second-order valence-electron chi connectivity index (χ2n) is 7.74. The van der Waals surface area contributed by atoms with Gasteiger partial charge < -0.3 is 9.64 Å². The highest BCUT2D eigenvalue weighted by Crippen LogP contribution is 2.43. The Morgan fingerprint density at radius 1 is 1.03 bits per heavy atom. The van der Waals surface area contributed by atoms with Crippen LogP contribution in [0.15, 0.2) is 72.8 Å². The number of hydrogen-bond acceptors (Lipinski definition) is 4. The molecule has 0 bridgehead atoms. The monoisotopic (exact) mass is 445 g/mol. The number of nitrogens with one attached hydrogen (secondary N) is 1. The van der Waals surface area contributed by atoms with Crippen LogP contribution >= 0.6 is 0 Å². The van der Waals surface area contributed by atoms with E-state index in [0.29, 0.717) is 12.4 Å². The first-order valence-electron chi connectivity index (χ1n) is 12.0. The number of carbonyl (C=O) groups excluding carboxylic acids is 1. The van der Waals surface area contributed by atoms with Gasteiger partial charge >= 0.3 is 6.09 Å². The number of anilines is 2. The average Bonchev–Trinajstić information content (AvgIpc) is 2.88. The van der Waals surface area contributed by atoms with Gasteiger partial charge in [0.2, 0.25) is 0 Å². The molecule has 33 heavy (non-hydrogen) atoms. The largest absolute Gasteiger partial charge is 0.450 e. The normalized spacial score (nSPS) is 15.6. The molecule has 2 aromatic carbocycles. The molecule has 3 aromatic rings. The number of aryl methyl sites for hydroxylation is 1. The maximum atomic E-state index is 11.8. The van der Waals surface area contributed by atoms with Crippen LogP contribution in [-0.4, -0.2) is 30.8 Å². The minimum atomic E-state index is -0.443. The van der Waals surface area contributed by atoms with Gasteiger partial charge in [-0.05, 0) is 43.4 Å². The lowest BCUT2D eigenvalue weighted by Crippen LogP contribution is -2.37. The highest BCUT2D eigenvalue weighted by molar-refractivity contribution is 5.84. The first-order valence-corrected chi connectivity index (χ1v) is 12.0. The lowest BCUT2D eigenvalue weighted by Gasteiger charge is -2.39. The van der Waals surface area contributed by atoms with Gasteiger partial charge in [0, 0.05) is 19.0 Å². The Morgan fingerprint density at radius 3 is 2.30 bits per heavy atom. The van der Waals surface area contributed by atoms with Crippen molar-refractivity contribution in [3.8, 4) is 0 Å². The van der Waals surface area contributed by atoms with Crippen LogP contribution in [0, 0.1) is 0 Å². The van der Waals surface area contributed by atoms with E-state index in [1.807, 2.05) is 62.4 Å². The summed E-state index contributed by atoms with van der Waals surface area (Å²) in [4.78, 5) is 19.1. The summed E-state index contributed by atoms with van der Waals surface area (Å²) in [5.41, 5.74) is 4.93. The van der Waals surface area contributed by atoms with E-state index in [9.17, 15) is 4.79 Å². The van der Waals surface area contributed by atoms with Crippen molar-refractivity contribution in [3.05, 3.63) is 89.6 Å². The summed E-state index contributed by atoms with van der Waals surface area (Å²) in [6, 6.07) is 24.5. The number of rotatable bonds is 3. The molecule has 0 radical (unpaired) electrons. The Balaban J connectivity index is 0.000000329. The van der Waals surface area contributed by atoms with Gasteiger partial charge in [-0.15, -0.1) is 0 Å². The van der Waals surface area contributed by atoms with E-state index in [4.69, 9.17) is 9.72 Å². The second kappa shape index (κ2) is 12.6. The van der Waals surface area contributed by atoms with Crippen LogP contribution in [0.1, 0.15) is 56.4 Å². The molecule has 174 valence electrons. The molecular weight excluding hydrogens is 410 g/mol. The molecule has 1 unspecified atom stereocenters. The van der Waals surface area contributed by atoms with E-state index < -0.39 is 6.09 Å². The number of benzene rings is 2. The molecule has 2 aliphatic rings. The molecule has 3 heterocycles. The fraction of sp³-hybridized carbons (Fsp3) is 0.357. The number of nitrogens with zero attached hydrogens (tertiary/aromatic N) is 2.